The van der Waals surface area contributed by atoms with Gasteiger partial charge in [0.15, 0.2) is 0 Å². The first-order chi connectivity index (χ1) is 7.76. The van der Waals surface area contributed by atoms with Gasteiger partial charge in [-0.25, -0.2) is 0 Å². The lowest BCUT2D eigenvalue weighted by molar-refractivity contribution is 0.306. The molecule has 1 aliphatic heterocycles. The summed E-state index contributed by atoms with van der Waals surface area (Å²) >= 11 is 0. The minimum Gasteiger partial charge on any atom is -0.315 e. The third-order valence-electron chi connectivity index (χ3n) is 3.73. The summed E-state index contributed by atoms with van der Waals surface area (Å²) in [6.07, 6.45) is 6.91. The Morgan fingerprint density at radius 1 is 1.38 bits per heavy atom. The van der Waals surface area contributed by atoms with Gasteiger partial charge < -0.3 is 10.2 Å². The third-order valence-corrected chi connectivity index (χ3v) is 3.73. The largest absolute Gasteiger partial charge is 0.315 e. The molecule has 1 heterocycles. The van der Waals surface area contributed by atoms with Crippen LogP contribution in [0.15, 0.2) is 0 Å². The predicted octanol–water partition coefficient (Wildman–Crippen LogP) is 2.89. The monoisotopic (exact) mass is 226 g/mol. The number of hydrogen-bond donors (Lipinski definition) is 1. The minimum absolute atomic E-state index is 0.694. The molecule has 0 aliphatic carbocycles. The Balaban J connectivity index is 2.02. The number of likely N-dealkylation sites (tertiary alicyclic amines) is 1. The van der Waals surface area contributed by atoms with Crippen molar-refractivity contribution < 1.29 is 0 Å². The van der Waals surface area contributed by atoms with Crippen LogP contribution in [0.1, 0.15) is 52.9 Å². The average molecular weight is 226 g/mol. The molecule has 0 aromatic rings. The van der Waals surface area contributed by atoms with Crippen molar-refractivity contribution >= 4 is 0 Å². The van der Waals surface area contributed by atoms with Crippen molar-refractivity contribution in [2.24, 2.45) is 5.92 Å². The van der Waals surface area contributed by atoms with Gasteiger partial charge in [-0.3, -0.25) is 0 Å². The first kappa shape index (κ1) is 14.0. The van der Waals surface area contributed by atoms with Gasteiger partial charge in [0.25, 0.3) is 0 Å². The zero-order valence-corrected chi connectivity index (χ0v) is 11.5. The van der Waals surface area contributed by atoms with E-state index >= 15 is 0 Å². The molecule has 1 aliphatic rings. The molecule has 0 amide bonds. The maximum absolute atomic E-state index is 3.48. The quantitative estimate of drug-likeness (QED) is 0.684. The molecule has 0 aromatic carbocycles. The van der Waals surface area contributed by atoms with Gasteiger partial charge in [-0.05, 0) is 58.2 Å². The fourth-order valence-corrected chi connectivity index (χ4v) is 2.83. The SMILES string of the molecule is CCCC1CCN(CCCC(C)NCC)C1. The molecule has 0 radical (unpaired) electrons. The van der Waals surface area contributed by atoms with Crippen molar-refractivity contribution in [2.45, 2.75) is 58.9 Å². The van der Waals surface area contributed by atoms with E-state index in [4.69, 9.17) is 0 Å². The highest BCUT2D eigenvalue weighted by atomic mass is 15.1. The molecule has 1 N–H and O–H groups in total. The zero-order valence-electron chi connectivity index (χ0n) is 11.5. The van der Waals surface area contributed by atoms with E-state index in [1.165, 1.54) is 51.7 Å². The van der Waals surface area contributed by atoms with Gasteiger partial charge in [0.2, 0.25) is 0 Å². The lowest BCUT2D eigenvalue weighted by Gasteiger charge is -2.18. The van der Waals surface area contributed by atoms with Crippen LogP contribution < -0.4 is 5.32 Å². The van der Waals surface area contributed by atoms with Crippen LogP contribution in [0, 0.1) is 5.92 Å². The Morgan fingerprint density at radius 2 is 2.19 bits per heavy atom. The summed E-state index contributed by atoms with van der Waals surface area (Å²) < 4.78 is 0. The van der Waals surface area contributed by atoms with Gasteiger partial charge in [-0.2, -0.15) is 0 Å². The Morgan fingerprint density at radius 3 is 2.88 bits per heavy atom. The van der Waals surface area contributed by atoms with Crippen molar-refractivity contribution in [2.75, 3.05) is 26.2 Å². The zero-order chi connectivity index (χ0) is 11.8. The van der Waals surface area contributed by atoms with Crippen LogP contribution in [0.2, 0.25) is 0 Å². The van der Waals surface area contributed by atoms with E-state index in [1.54, 1.807) is 0 Å². The molecule has 1 saturated heterocycles. The molecule has 16 heavy (non-hydrogen) atoms. The molecule has 1 fully saturated rings. The van der Waals surface area contributed by atoms with E-state index < -0.39 is 0 Å². The highest BCUT2D eigenvalue weighted by Crippen LogP contribution is 2.20. The summed E-state index contributed by atoms with van der Waals surface area (Å²) in [5.74, 6) is 0.996. The van der Waals surface area contributed by atoms with Gasteiger partial charge in [-0.15, -0.1) is 0 Å². The molecule has 2 heteroatoms. The van der Waals surface area contributed by atoms with Crippen molar-refractivity contribution in [3.8, 4) is 0 Å². The number of nitrogens with zero attached hydrogens (tertiary/aromatic N) is 1. The molecule has 2 unspecified atom stereocenters. The molecule has 2 nitrogen and oxygen atoms in total. The van der Waals surface area contributed by atoms with Gasteiger partial charge in [-0.1, -0.05) is 20.3 Å². The average Bonchev–Trinajstić information content (AvgIpc) is 2.67. The van der Waals surface area contributed by atoms with E-state index in [1.807, 2.05) is 0 Å². The Bertz CT molecular complexity index is 170. The van der Waals surface area contributed by atoms with Crippen LogP contribution in [0.4, 0.5) is 0 Å². The number of hydrogen-bond acceptors (Lipinski definition) is 2. The van der Waals surface area contributed by atoms with Crippen LogP contribution in [0.5, 0.6) is 0 Å². The summed E-state index contributed by atoms with van der Waals surface area (Å²) in [5, 5.41) is 3.48. The molecular weight excluding hydrogens is 196 g/mol. The predicted molar refractivity (Wildman–Crippen MR) is 71.8 cm³/mol. The van der Waals surface area contributed by atoms with Crippen molar-refractivity contribution in [3.05, 3.63) is 0 Å². The number of rotatable bonds is 8. The lowest BCUT2D eigenvalue weighted by Crippen LogP contribution is -2.28. The van der Waals surface area contributed by atoms with Gasteiger partial charge in [0.05, 0.1) is 0 Å². The third kappa shape index (κ3) is 5.31. The van der Waals surface area contributed by atoms with Gasteiger partial charge in [0, 0.05) is 12.6 Å². The Kier molecular flexibility index (Phi) is 7.06. The smallest absolute Gasteiger partial charge is 0.00390 e. The highest BCUT2D eigenvalue weighted by Gasteiger charge is 2.20. The molecule has 2 atom stereocenters. The topological polar surface area (TPSA) is 15.3 Å². The van der Waals surface area contributed by atoms with E-state index in [9.17, 15) is 0 Å². The molecule has 1 rings (SSSR count). The van der Waals surface area contributed by atoms with E-state index in [2.05, 4.69) is 31.0 Å². The standard InChI is InChI=1S/C14H30N2/c1-4-7-14-9-11-16(12-14)10-6-8-13(3)15-5-2/h13-15H,4-12H2,1-3H3. The highest BCUT2D eigenvalue weighted by molar-refractivity contribution is 4.75. The molecule has 96 valence electrons. The van der Waals surface area contributed by atoms with Crippen molar-refractivity contribution in [1.82, 2.24) is 10.2 Å². The van der Waals surface area contributed by atoms with Crippen LogP contribution in [0.3, 0.4) is 0 Å². The van der Waals surface area contributed by atoms with Crippen LogP contribution in [0.25, 0.3) is 0 Å². The molecule has 0 bridgehead atoms. The molecule has 0 saturated carbocycles. The maximum atomic E-state index is 3.48. The summed E-state index contributed by atoms with van der Waals surface area (Å²) in [6.45, 7) is 11.9. The van der Waals surface area contributed by atoms with Crippen LogP contribution in [-0.2, 0) is 0 Å². The second kappa shape index (κ2) is 8.08. The molecule has 0 aromatic heterocycles. The van der Waals surface area contributed by atoms with Gasteiger partial charge >= 0.3 is 0 Å². The van der Waals surface area contributed by atoms with E-state index in [-0.39, 0.29) is 0 Å². The fourth-order valence-electron chi connectivity index (χ4n) is 2.83. The summed E-state index contributed by atoms with van der Waals surface area (Å²) in [5.41, 5.74) is 0. The van der Waals surface area contributed by atoms with Crippen LogP contribution in [-0.4, -0.2) is 37.1 Å². The Labute approximate surface area is 102 Å². The Hall–Kier alpha value is -0.0800. The van der Waals surface area contributed by atoms with Crippen LogP contribution >= 0.6 is 0 Å². The first-order valence-corrected chi connectivity index (χ1v) is 7.22. The second-order valence-electron chi connectivity index (χ2n) is 5.34. The summed E-state index contributed by atoms with van der Waals surface area (Å²) in [4.78, 5) is 2.67. The fraction of sp³-hybridized carbons (Fsp3) is 1.00. The second-order valence-corrected chi connectivity index (χ2v) is 5.34. The van der Waals surface area contributed by atoms with Crippen molar-refractivity contribution in [1.29, 1.82) is 0 Å². The lowest BCUT2D eigenvalue weighted by atomic mass is 10.0. The summed E-state index contributed by atoms with van der Waals surface area (Å²) in [6, 6.07) is 0.694. The normalized spacial score (nSPS) is 23.8. The first-order valence-electron chi connectivity index (χ1n) is 7.22. The van der Waals surface area contributed by atoms with E-state index in [0.717, 1.165) is 12.5 Å². The minimum atomic E-state index is 0.694. The van der Waals surface area contributed by atoms with Crippen molar-refractivity contribution in [3.63, 3.8) is 0 Å². The molecular formula is C14H30N2. The summed E-state index contributed by atoms with van der Waals surface area (Å²) in [7, 11) is 0. The number of nitrogens with one attached hydrogen (secondary N) is 1. The van der Waals surface area contributed by atoms with Gasteiger partial charge in [0.1, 0.15) is 0 Å². The van der Waals surface area contributed by atoms with E-state index in [0.29, 0.717) is 6.04 Å². The maximum Gasteiger partial charge on any atom is 0.00390 e. The molecule has 0 spiro atoms.